The van der Waals surface area contributed by atoms with Gasteiger partial charge >= 0.3 is 5.97 Å². The first kappa shape index (κ1) is 18.6. The van der Waals surface area contributed by atoms with Crippen LogP contribution in [0.5, 0.6) is 11.6 Å². The van der Waals surface area contributed by atoms with Crippen LogP contribution in [0, 0.1) is 0 Å². The lowest BCUT2D eigenvalue weighted by Gasteiger charge is -2.13. The summed E-state index contributed by atoms with van der Waals surface area (Å²) in [5, 5.41) is 0. The summed E-state index contributed by atoms with van der Waals surface area (Å²) in [7, 11) is 0. The first-order chi connectivity index (χ1) is 13.2. The third-order valence-electron chi connectivity index (χ3n) is 3.88. The second kappa shape index (κ2) is 8.98. The fraction of sp³-hybridized carbons (Fsp3) is 0.286. The van der Waals surface area contributed by atoms with Crippen LogP contribution in [-0.4, -0.2) is 22.5 Å². The zero-order valence-electron chi connectivity index (χ0n) is 15.5. The summed E-state index contributed by atoms with van der Waals surface area (Å²) in [6.45, 7) is 4.24. The Labute approximate surface area is 158 Å². The van der Waals surface area contributed by atoms with E-state index in [0.717, 1.165) is 18.6 Å². The van der Waals surface area contributed by atoms with Crippen molar-refractivity contribution in [2.45, 2.75) is 33.1 Å². The standard InChI is InChI=1S/C21H22N2O4/c1-3-6-15-7-5-8-17(13-15)27-19-11-12-22-20(23-19)18-10-9-16(14-26-18)21(24)25-4-2/h5,7-8,10-14H,3-4,6,9H2,1-2H3. The van der Waals surface area contributed by atoms with E-state index >= 15 is 0 Å². The third kappa shape index (κ3) is 4.94. The van der Waals surface area contributed by atoms with Crippen molar-refractivity contribution in [3.8, 4) is 11.6 Å². The van der Waals surface area contributed by atoms with Crippen molar-refractivity contribution in [1.29, 1.82) is 0 Å². The molecule has 1 aliphatic rings. The van der Waals surface area contributed by atoms with Crippen LogP contribution >= 0.6 is 0 Å². The van der Waals surface area contributed by atoms with E-state index in [2.05, 4.69) is 23.0 Å². The summed E-state index contributed by atoms with van der Waals surface area (Å²) < 4.78 is 16.3. The van der Waals surface area contributed by atoms with Gasteiger partial charge in [0, 0.05) is 18.7 Å². The van der Waals surface area contributed by atoms with Crippen LogP contribution < -0.4 is 4.74 Å². The fourth-order valence-corrected chi connectivity index (χ4v) is 2.62. The second-order valence-corrected chi connectivity index (χ2v) is 5.97. The molecule has 6 nitrogen and oxygen atoms in total. The molecule has 0 saturated heterocycles. The van der Waals surface area contributed by atoms with Crippen molar-refractivity contribution in [2.75, 3.05) is 6.61 Å². The van der Waals surface area contributed by atoms with Gasteiger partial charge in [-0.05, 0) is 37.1 Å². The van der Waals surface area contributed by atoms with E-state index in [1.54, 1.807) is 25.3 Å². The lowest BCUT2D eigenvalue weighted by molar-refractivity contribution is -0.138. The molecule has 6 heteroatoms. The molecule has 1 aromatic heterocycles. The topological polar surface area (TPSA) is 70.5 Å². The number of esters is 1. The van der Waals surface area contributed by atoms with Crippen molar-refractivity contribution in [1.82, 2.24) is 9.97 Å². The number of aromatic nitrogens is 2. The number of allylic oxidation sites excluding steroid dienone is 1. The van der Waals surface area contributed by atoms with Gasteiger partial charge in [-0.15, -0.1) is 0 Å². The molecule has 0 fully saturated rings. The monoisotopic (exact) mass is 366 g/mol. The largest absolute Gasteiger partial charge is 0.463 e. The number of hydrogen-bond acceptors (Lipinski definition) is 6. The maximum atomic E-state index is 11.7. The van der Waals surface area contributed by atoms with Gasteiger partial charge in [-0.2, -0.15) is 4.98 Å². The van der Waals surface area contributed by atoms with Gasteiger partial charge in [0.05, 0.1) is 12.2 Å². The molecule has 2 aromatic rings. The first-order valence-electron chi connectivity index (χ1n) is 9.02. The lowest BCUT2D eigenvalue weighted by Crippen LogP contribution is -2.10. The molecule has 2 heterocycles. The Morgan fingerprint density at radius 3 is 2.89 bits per heavy atom. The second-order valence-electron chi connectivity index (χ2n) is 5.97. The van der Waals surface area contributed by atoms with Crippen LogP contribution in [0.1, 0.15) is 38.1 Å². The van der Waals surface area contributed by atoms with E-state index in [-0.39, 0.29) is 5.97 Å². The Hall–Kier alpha value is -3.15. The number of carbonyl (C=O) groups excluding carboxylic acids is 1. The first-order valence-corrected chi connectivity index (χ1v) is 9.02. The average molecular weight is 366 g/mol. The number of hydrogen-bond donors (Lipinski definition) is 0. The number of carbonyl (C=O) groups is 1. The van der Waals surface area contributed by atoms with Gasteiger partial charge in [0.2, 0.25) is 5.88 Å². The van der Waals surface area contributed by atoms with Gasteiger partial charge in [-0.3, -0.25) is 0 Å². The highest BCUT2D eigenvalue weighted by Gasteiger charge is 2.17. The molecule has 0 radical (unpaired) electrons. The molecule has 0 amide bonds. The molecule has 1 aliphatic heterocycles. The van der Waals surface area contributed by atoms with Gasteiger partial charge in [0.25, 0.3) is 0 Å². The van der Waals surface area contributed by atoms with Crippen LogP contribution in [0.3, 0.4) is 0 Å². The summed E-state index contributed by atoms with van der Waals surface area (Å²) >= 11 is 0. The predicted octanol–water partition coefficient (Wildman–Crippen LogP) is 4.43. The van der Waals surface area contributed by atoms with Crippen molar-refractivity contribution < 1.29 is 19.0 Å². The van der Waals surface area contributed by atoms with E-state index in [0.29, 0.717) is 36.1 Å². The van der Waals surface area contributed by atoms with Crippen LogP contribution in [0.15, 0.2) is 54.4 Å². The zero-order chi connectivity index (χ0) is 19.1. The molecule has 140 valence electrons. The van der Waals surface area contributed by atoms with Gasteiger partial charge in [-0.25, -0.2) is 9.78 Å². The van der Waals surface area contributed by atoms with Crippen LogP contribution in [-0.2, 0) is 20.7 Å². The van der Waals surface area contributed by atoms with E-state index in [1.807, 2.05) is 18.2 Å². The van der Waals surface area contributed by atoms with E-state index < -0.39 is 0 Å². The maximum Gasteiger partial charge on any atom is 0.337 e. The average Bonchev–Trinajstić information content (AvgIpc) is 2.69. The van der Waals surface area contributed by atoms with Crippen molar-refractivity contribution >= 4 is 11.7 Å². The molecular formula is C21H22N2O4. The Kier molecular flexibility index (Phi) is 6.20. The third-order valence-corrected chi connectivity index (χ3v) is 3.88. The maximum absolute atomic E-state index is 11.7. The number of ether oxygens (including phenoxy) is 3. The van der Waals surface area contributed by atoms with Gasteiger partial charge < -0.3 is 14.2 Å². The quantitative estimate of drug-likeness (QED) is 0.675. The molecule has 0 aliphatic carbocycles. The summed E-state index contributed by atoms with van der Waals surface area (Å²) in [4.78, 5) is 20.4. The molecule has 0 N–H and O–H groups in total. The molecule has 0 unspecified atom stereocenters. The highest BCUT2D eigenvalue weighted by Crippen LogP contribution is 2.25. The van der Waals surface area contributed by atoms with E-state index in [4.69, 9.17) is 14.2 Å². The number of rotatable bonds is 7. The van der Waals surface area contributed by atoms with Crippen molar-refractivity contribution in [2.24, 2.45) is 0 Å². The molecule has 0 atom stereocenters. The fourth-order valence-electron chi connectivity index (χ4n) is 2.62. The van der Waals surface area contributed by atoms with Gasteiger partial charge in [0.15, 0.2) is 11.6 Å². The molecule has 0 spiro atoms. The van der Waals surface area contributed by atoms with Crippen molar-refractivity contribution in [3.05, 3.63) is 65.8 Å². The van der Waals surface area contributed by atoms with Crippen LogP contribution in [0.25, 0.3) is 5.76 Å². The molecule has 1 aromatic carbocycles. The Morgan fingerprint density at radius 2 is 2.15 bits per heavy atom. The lowest BCUT2D eigenvalue weighted by atomic mass is 10.1. The molecular weight excluding hydrogens is 344 g/mol. The summed E-state index contributed by atoms with van der Waals surface area (Å²) in [6, 6.07) is 9.65. The Morgan fingerprint density at radius 1 is 1.26 bits per heavy atom. The minimum absolute atomic E-state index is 0.328. The normalized spacial score (nSPS) is 13.3. The van der Waals surface area contributed by atoms with Crippen LogP contribution in [0.4, 0.5) is 0 Å². The highest BCUT2D eigenvalue weighted by atomic mass is 16.5. The highest BCUT2D eigenvalue weighted by molar-refractivity contribution is 5.89. The van der Waals surface area contributed by atoms with E-state index in [1.165, 1.54) is 11.8 Å². The molecule has 0 saturated carbocycles. The minimum Gasteiger partial charge on any atom is -0.463 e. The van der Waals surface area contributed by atoms with Crippen molar-refractivity contribution in [3.63, 3.8) is 0 Å². The number of benzene rings is 1. The molecule has 3 rings (SSSR count). The zero-order valence-corrected chi connectivity index (χ0v) is 15.5. The smallest absolute Gasteiger partial charge is 0.337 e. The van der Waals surface area contributed by atoms with E-state index in [9.17, 15) is 4.79 Å². The summed E-state index contributed by atoms with van der Waals surface area (Å²) in [5.41, 5.74) is 1.68. The Balaban J connectivity index is 1.70. The Bertz CT molecular complexity index is 874. The summed E-state index contributed by atoms with van der Waals surface area (Å²) in [5.74, 6) is 1.66. The van der Waals surface area contributed by atoms with Gasteiger partial charge in [0.1, 0.15) is 12.0 Å². The SMILES string of the molecule is CCCc1cccc(Oc2ccnc(C3=CCC(C(=O)OCC)=CO3)n2)c1. The van der Waals surface area contributed by atoms with Crippen LogP contribution in [0.2, 0.25) is 0 Å². The summed E-state index contributed by atoms with van der Waals surface area (Å²) in [6.07, 6.45) is 7.24. The minimum atomic E-state index is -0.377. The number of aryl methyl sites for hydroxylation is 1. The molecule has 0 bridgehead atoms. The van der Waals surface area contributed by atoms with Gasteiger partial charge in [-0.1, -0.05) is 25.5 Å². The number of nitrogens with zero attached hydrogens (tertiary/aromatic N) is 2. The predicted molar refractivity (Wildman–Crippen MR) is 101 cm³/mol. The molecule has 27 heavy (non-hydrogen) atoms.